The predicted octanol–water partition coefficient (Wildman–Crippen LogP) is 3.03. The van der Waals surface area contributed by atoms with Gasteiger partial charge in [0, 0.05) is 31.4 Å². The number of aromatic nitrogens is 2. The minimum Gasteiger partial charge on any atom is -0.308 e. The molecule has 0 unspecified atom stereocenters. The highest BCUT2D eigenvalue weighted by Crippen LogP contribution is 2.38. The highest BCUT2D eigenvalue weighted by Gasteiger charge is 2.32. The van der Waals surface area contributed by atoms with Crippen molar-refractivity contribution in [3.8, 4) is 0 Å². The summed E-state index contributed by atoms with van der Waals surface area (Å²) in [7, 11) is 1.85. The van der Waals surface area contributed by atoms with E-state index in [0.29, 0.717) is 24.4 Å². The van der Waals surface area contributed by atoms with E-state index in [2.05, 4.69) is 5.10 Å². The van der Waals surface area contributed by atoms with E-state index in [1.165, 1.54) is 18.6 Å². The summed E-state index contributed by atoms with van der Waals surface area (Å²) in [4.78, 5) is 14.7. The third-order valence-corrected chi connectivity index (χ3v) is 4.76. The molecule has 2 aromatic rings. The average molecular weight is 299 g/mol. The number of carbonyl (C=O) groups excluding carboxylic acids is 1. The van der Waals surface area contributed by atoms with E-state index in [-0.39, 0.29) is 11.7 Å². The fourth-order valence-corrected chi connectivity index (χ4v) is 3.38. The predicted molar refractivity (Wildman–Crippen MR) is 81.6 cm³/mol. The topological polar surface area (TPSA) is 38.1 Å². The minimum atomic E-state index is -0.246. The number of nitrogens with zero attached hydrogens (tertiary/aromatic N) is 3. The van der Waals surface area contributed by atoms with Gasteiger partial charge >= 0.3 is 0 Å². The molecule has 1 aromatic carbocycles. The molecule has 0 N–H and O–H groups in total. The van der Waals surface area contributed by atoms with Crippen LogP contribution in [0.1, 0.15) is 46.8 Å². The summed E-state index contributed by atoms with van der Waals surface area (Å²) in [6, 6.07) is 4.65. The number of benzene rings is 1. The number of aryl methyl sites for hydroxylation is 1. The summed E-state index contributed by atoms with van der Waals surface area (Å²) in [5, 5.41) is 4.50. The maximum absolute atomic E-state index is 13.3. The fourth-order valence-electron chi connectivity index (χ4n) is 3.38. The van der Waals surface area contributed by atoms with Crippen LogP contribution in [0.4, 0.5) is 10.1 Å². The summed E-state index contributed by atoms with van der Waals surface area (Å²) in [6.45, 7) is 0.608. The first-order valence-electron chi connectivity index (χ1n) is 7.77. The molecule has 0 atom stereocenters. The number of fused-ring (bicyclic) bond motifs is 1. The minimum absolute atomic E-state index is 0.0136. The Bertz CT molecular complexity index is 748. The molecule has 1 aromatic heterocycles. The monoisotopic (exact) mass is 299 g/mol. The Hall–Kier alpha value is -2.17. The Kier molecular flexibility index (Phi) is 3.03. The quantitative estimate of drug-likeness (QED) is 0.855. The first-order chi connectivity index (χ1) is 10.6. The Labute approximate surface area is 128 Å². The molecule has 0 saturated heterocycles. The Morgan fingerprint density at radius 1 is 1.36 bits per heavy atom. The Morgan fingerprint density at radius 3 is 2.91 bits per heavy atom. The molecule has 22 heavy (non-hydrogen) atoms. The summed E-state index contributed by atoms with van der Waals surface area (Å²) in [5.41, 5.74) is 3.36. The molecular weight excluding hydrogens is 281 g/mol. The van der Waals surface area contributed by atoms with Crippen LogP contribution < -0.4 is 4.90 Å². The molecule has 5 heteroatoms. The van der Waals surface area contributed by atoms with E-state index in [9.17, 15) is 9.18 Å². The molecule has 0 spiro atoms. The zero-order chi connectivity index (χ0) is 15.3. The van der Waals surface area contributed by atoms with Crippen molar-refractivity contribution in [1.29, 1.82) is 0 Å². The van der Waals surface area contributed by atoms with Gasteiger partial charge in [-0.2, -0.15) is 5.10 Å². The first kappa shape index (κ1) is 13.5. The van der Waals surface area contributed by atoms with Gasteiger partial charge in [0.15, 0.2) is 0 Å². The highest BCUT2D eigenvalue weighted by atomic mass is 19.1. The van der Waals surface area contributed by atoms with Crippen LogP contribution in [0.25, 0.3) is 0 Å². The van der Waals surface area contributed by atoms with Crippen LogP contribution in [0.3, 0.4) is 0 Å². The smallest absolute Gasteiger partial charge is 0.261 e. The van der Waals surface area contributed by atoms with Crippen molar-refractivity contribution >= 4 is 11.6 Å². The molecule has 1 amide bonds. The molecular formula is C17H18FN3O. The number of hydrogen-bond donors (Lipinski definition) is 0. The average Bonchev–Trinajstić information content (AvgIpc) is 2.99. The van der Waals surface area contributed by atoms with Crippen LogP contribution >= 0.6 is 0 Å². The van der Waals surface area contributed by atoms with Gasteiger partial charge in [0.1, 0.15) is 5.82 Å². The van der Waals surface area contributed by atoms with E-state index in [1.54, 1.807) is 15.6 Å². The van der Waals surface area contributed by atoms with Gasteiger partial charge in [-0.25, -0.2) is 4.39 Å². The third-order valence-electron chi connectivity index (χ3n) is 4.76. The van der Waals surface area contributed by atoms with Crippen molar-refractivity contribution in [3.63, 3.8) is 0 Å². The van der Waals surface area contributed by atoms with Crippen LogP contribution in [0, 0.1) is 5.82 Å². The second-order valence-corrected chi connectivity index (χ2v) is 6.21. The molecule has 4 nitrogen and oxygen atoms in total. The molecule has 4 rings (SSSR count). The number of amides is 1. The van der Waals surface area contributed by atoms with E-state index >= 15 is 0 Å². The number of rotatable bonds is 2. The van der Waals surface area contributed by atoms with E-state index in [0.717, 1.165) is 29.8 Å². The number of anilines is 1. The fraction of sp³-hybridized carbons (Fsp3) is 0.412. The number of hydrogen-bond acceptors (Lipinski definition) is 2. The summed E-state index contributed by atoms with van der Waals surface area (Å²) in [5.74, 6) is 0.153. The molecule has 2 heterocycles. The van der Waals surface area contributed by atoms with Crippen molar-refractivity contribution in [2.45, 2.75) is 31.6 Å². The second-order valence-electron chi connectivity index (χ2n) is 6.21. The lowest BCUT2D eigenvalue weighted by Gasteiger charge is -2.25. The van der Waals surface area contributed by atoms with Gasteiger partial charge in [-0.05, 0) is 43.0 Å². The molecule has 114 valence electrons. The molecule has 1 saturated carbocycles. The second kappa shape index (κ2) is 4.93. The van der Waals surface area contributed by atoms with Crippen LogP contribution in [0.5, 0.6) is 0 Å². The third kappa shape index (κ3) is 2.03. The summed E-state index contributed by atoms with van der Waals surface area (Å²) in [6.07, 6.45) is 5.95. The zero-order valence-electron chi connectivity index (χ0n) is 12.6. The van der Waals surface area contributed by atoms with Gasteiger partial charge in [-0.1, -0.05) is 6.42 Å². The van der Waals surface area contributed by atoms with Gasteiger partial charge in [0.05, 0.1) is 11.3 Å². The highest BCUT2D eigenvalue weighted by molar-refractivity contribution is 6.08. The van der Waals surface area contributed by atoms with E-state index in [1.807, 2.05) is 13.2 Å². The zero-order valence-corrected chi connectivity index (χ0v) is 12.6. The Balaban J connectivity index is 1.69. The van der Waals surface area contributed by atoms with Crippen LogP contribution in [0.15, 0.2) is 24.4 Å². The maximum Gasteiger partial charge on any atom is 0.261 e. The Morgan fingerprint density at radius 2 is 2.18 bits per heavy atom. The molecule has 1 aliphatic heterocycles. The van der Waals surface area contributed by atoms with Crippen molar-refractivity contribution in [2.24, 2.45) is 7.05 Å². The van der Waals surface area contributed by atoms with E-state index in [4.69, 9.17) is 0 Å². The molecule has 0 bridgehead atoms. The van der Waals surface area contributed by atoms with Crippen molar-refractivity contribution < 1.29 is 9.18 Å². The standard InChI is InChI=1S/C17H18FN3O/c1-20-10-14(16(19-20)11-3-2-4-11)17(22)21-8-7-12-9-13(18)5-6-15(12)21/h5-6,9-11H,2-4,7-8H2,1H3. The number of halogens is 1. The summed E-state index contributed by atoms with van der Waals surface area (Å²) >= 11 is 0. The van der Waals surface area contributed by atoms with Gasteiger partial charge < -0.3 is 4.90 Å². The summed E-state index contributed by atoms with van der Waals surface area (Å²) < 4.78 is 15.0. The normalized spacial score (nSPS) is 17.5. The van der Waals surface area contributed by atoms with Crippen molar-refractivity contribution in [2.75, 3.05) is 11.4 Å². The molecule has 2 aliphatic rings. The molecule has 1 fully saturated rings. The van der Waals surface area contributed by atoms with Crippen LogP contribution in [-0.2, 0) is 13.5 Å². The van der Waals surface area contributed by atoms with Crippen molar-refractivity contribution in [1.82, 2.24) is 9.78 Å². The lowest BCUT2D eigenvalue weighted by molar-refractivity contribution is 0.0987. The van der Waals surface area contributed by atoms with Crippen molar-refractivity contribution in [3.05, 3.63) is 47.0 Å². The number of carbonyl (C=O) groups is 1. The van der Waals surface area contributed by atoms with Gasteiger partial charge in [0.2, 0.25) is 0 Å². The lowest BCUT2D eigenvalue weighted by atomic mass is 9.81. The van der Waals surface area contributed by atoms with Gasteiger partial charge in [0.25, 0.3) is 5.91 Å². The first-order valence-corrected chi connectivity index (χ1v) is 7.77. The lowest BCUT2D eigenvalue weighted by Crippen LogP contribution is -2.30. The largest absolute Gasteiger partial charge is 0.308 e. The molecule has 0 radical (unpaired) electrons. The maximum atomic E-state index is 13.3. The van der Waals surface area contributed by atoms with E-state index < -0.39 is 0 Å². The molecule has 1 aliphatic carbocycles. The van der Waals surface area contributed by atoms with Crippen LogP contribution in [0.2, 0.25) is 0 Å². The SMILES string of the molecule is Cn1cc(C(=O)N2CCc3cc(F)ccc32)c(C2CCC2)n1. The van der Waals surface area contributed by atoms with Gasteiger partial charge in [-0.3, -0.25) is 9.48 Å². The van der Waals surface area contributed by atoms with Crippen LogP contribution in [-0.4, -0.2) is 22.2 Å². The van der Waals surface area contributed by atoms with Gasteiger partial charge in [-0.15, -0.1) is 0 Å².